The zero-order chi connectivity index (χ0) is 10.2. The molecule has 0 saturated heterocycles. The van der Waals surface area contributed by atoms with Gasteiger partial charge in [-0.3, -0.25) is 0 Å². The van der Waals surface area contributed by atoms with Crippen molar-refractivity contribution in [2.75, 3.05) is 0 Å². The van der Waals surface area contributed by atoms with Crippen LogP contribution < -0.4 is 0 Å². The topological polar surface area (TPSA) is 47.6 Å². The number of rotatable bonds is 1. The van der Waals surface area contributed by atoms with E-state index in [1.54, 1.807) is 6.07 Å². The summed E-state index contributed by atoms with van der Waals surface area (Å²) in [6, 6.07) is 11.5. The van der Waals surface area contributed by atoms with Gasteiger partial charge in [0, 0.05) is 10.9 Å². The van der Waals surface area contributed by atoms with Crippen LogP contribution in [0.1, 0.15) is 17.9 Å². The molecule has 0 spiro atoms. The fraction of sp³-hybridized carbons (Fsp3) is 0.273. The van der Waals surface area contributed by atoms with E-state index >= 15 is 0 Å². The highest BCUT2D eigenvalue weighted by Crippen LogP contribution is 2.58. The predicted octanol–water partition coefficient (Wildman–Crippen LogP) is 2.86. The normalized spacial score (nSPS) is 22.1. The minimum absolute atomic E-state index is 0.0381. The Balaban J connectivity index is 2.31. The molecule has 0 bridgehead atoms. The minimum atomic E-state index is -0.801. The molecule has 1 fully saturated rings. The number of hydrogen-bond donors (Lipinski definition) is 0. The van der Waals surface area contributed by atoms with Crippen LogP contribution in [0.3, 0.4) is 0 Å². The van der Waals surface area contributed by atoms with Gasteiger partial charge in [-0.15, -0.1) is 0 Å². The summed E-state index contributed by atoms with van der Waals surface area (Å²) in [7, 11) is 0. The third-order valence-electron chi connectivity index (χ3n) is 2.61. The van der Waals surface area contributed by atoms with Gasteiger partial charge in [0.05, 0.1) is 12.1 Å². The predicted molar refractivity (Wildman–Crippen MR) is 52.5 cm³/mol. The van der Waals surface area contributed by atoms with Crippen LogP contribution in [0.15, 0.2) is 24.3 Å². The molecule has 68 valence electrons. The molecule has 0 aliphatic heterocycles. The monoisotopic (exact) mass is 202 g/mol. The Bertz CT molecular complexity index is 439. The fourth-order valence-electron chi connectivity index (χ4n) is 1.66. The Morgan fingerprint density at radius 1 is 1.36 bits per heavy atom. The second-order valence-corrected chi connectivity index (χ2v) is 3.94. The largest absolute Gasteiger partial charge is 0.197 e. The lowest BCUT2D eigenvalue weighted by molar-refractivity contribution is 0.841. The minimum Gasteiger partial charge on any atom is -0.197 e. The summed E-state index contributed by atoms with van der Waals surface area (Å²) in [6.45, 7) is 0. The molecule has 0 N–H and O–H groups in total. The van der Waals surface area contributed by atoms with Gasteiger partial charge < -0.3 is 0 Å². The Hall–Kier alpha value is -1.51. The van der Waals surface area contributed by atoms with Crippen molar-refractivity contribution in [1.82, 2.24) is 0 Å². The molecular formula is C11H7ClN2. The number of nitrogens with zero attached hydrogens (tertiary/aromatic N) is 2. The first-order valence-corrected chi connectivity index (χ1v) is 4.67. The van der Waals surface area contributed by atoms with Crippen molar-refractivity contribution in [1.29, 1.82) is 10.5 Å². The van der Waals surface area contributed by atoms with E-state index in [1.165, 1.54) is 0 Å². The third kappa shape index (κ3) is 1.25. The van der Waals surface area contributed by atoms with E-state index < -0.39 is 5.41 Å². The maximum atomic E-state index is 8.85. The molecule has 2 nitrogen and oxygen atoms in total. The van der Waals surface area contributed by atoms with E-state index in [0.29, 0.717) is 11.4 Å². The van der Waals surface area contributed by atoms with Crippen LogP contribution in [-0.4, -0.2) is 0 Å². The Kier molecular flexibility index (Phi) is 1.95. The highest BCUT2D eigenvalue weighted by atomic mass is 35.5. The molecule has 0 amide bonds. The molecule has 0 radical (unpaired) electrons. The second-order valence-electron chi connectivity index (χ2n) is 3.51. The Labute approximate surface area is 87.3 Å². The van der Waals surface area contributed by atoms with Gasteiger partial charge in [-0.25, -0.2) is 0 Å². The van der Waals surface area contributed by atoms with Gasteiger partial charge in [0.1, 0.15) is 0 Å². The van der Waals surface area contributed by atoms with Crippen molar-refractivity contribution < 1.29 is 0 Å². The SMILES string of the molecule is N#CC1(C#N)CC1c1cccc(Cl)c1. The molecule has 1 aliphatic carbocycles. The highest BCUT2D eigenvalue weighted by molar-refractivity contribution is 6.30. The molecule has 1 aromatic rings. The van der Waals surface area contributed by atoms with Crippen molar-refractivity contribution in [3.05, 3.63) is 34.9 Å². The van der Waals surface area contributed by atoms with E-state index in [9.17, 15) is 0 Å². The van der Waals surface area contributed by atoms with Gasteiger partial charge in [0.25, 0.3) is 0 Å². The molecule has 0 heterocycles. The van der Waals surface area contributed by atoms with Crippen LogP contribution >= 0.6 is 11.6 Å². The lowest BCUT2D eigenvalue weighted by Gasteiger charge is -1.99. The molecule has 2 rings (SSSR count). The van der Waals surface area contributed by atoms with Gasteiger partial charge in [0.15, 0.2) is 5.41 Å². The Morgan fingerprint density at radius 2 is 2.07 bits per heavy atom. The summed E-state index contributed by atoms with van der Waals surface area (Å²) in [5.74, 6) is 0.0381. The molecule has 0 aromatic heterocycles. The summed E-state index contributed by atoms with van der Waals surface area (Å²) in [4.78, 5) is 0. The molecule has 1 aliphatic rings. The van der Waals surface area contributed by atoms with Gasteiger partial charge >= 0.3 is 0 Å². The maximum Gasteiger partial charge on any atom is 0.151 e. The number of nitriles is 2. The van der Waals surface area contributed by atoms with Crippen molar-refractivity contribution in [2.45, 2.75) is 12.3 Å². The van der Waals surface area contributed by atoms with Gasteiger partial charge in [-0.1, -0.05) is 23.7 Å². The van der Waals surface area contributed by atoms with E-state index in [0.717, 1.165) is 5.56 Å². The average Bonchev–Trinajstić information content (AvgIpc) is 2.93. The van der Waals surface area contributed by atoms with Crippen LogP contribution in [0.5, 0.6) is 0 Å². The van der Waals surface area contributed by atoms with E-state index in [1.807, 2.05) is 18.2 Å². The van der Waals surface area contributed by atoms with Crippen molar-refractivity contribution in [3.63, 3.8) is 0 Å². The van der Waals surface area contributed by atoms with Gasteiger partial charge in [-0.05, 0) is 24.1 Å². The smallest absolute Gasteiger partial charge is 0.151 e. The lowest BCUT2D eigenvalue weighted by atomic mass is 10.0. The van der Waals surface area contributed by atoms with Crippen LogP contribution in [0.25, 0.3) is 0 Å². The maximum absolute atomic E-state index is 8.85. The fourth-order valence-corrected chi connectivity index (χ4v) is 1.86. The molecule has 1 unspecified atom stereocenters. The number of halogens is 1. The zero-order valence-corrected chi connectivity index (χ0v) is 8.12. The Morgan fingerprint density at radius 3 is 2.57 bits per heavy atom. The van der Waals surface area contributed by atoms with E-state index in [2.05, 4.69) is 12.1 Å². The molecule has 1 aromatic carbocycles. The molecular weight excluding hydrogens is 196 g/mol. The van der Waals surface area contributed by atoms with Crippen molar-refractivity contribution >= 4 is 11.6 Å². The summed E-state index contributed by atoms with van der Waals surface area (Å²) in [5, 5.41) is 18.4. The first kappa shape index (κ1) is 9.06. The molecule has 14 heavy (non-hydrogen) atoms. The van der Waals surface area contributed by atoms with Crippen molar-refractivity contribution in [3.8, 4) is 12.1 Å². The second kappa shape index (κ2) is 3.01. The highest BCUT2D eigenvalue weighted by Gasteiger charge is 2.56. The van der Waals surface area contributed by atoms with Crippen LogP contribution in [0, 0.1) is 28.1 Å². The summed E-state index contributed by atoms with van der Waals surface area (Å²) < 4.78 is 0. The summed E-state index contributed by atoms with van der Waals surface area (Å²) in [5.41, 5.74) is 0.186. The number of hydrogen-bond acceptors (Lipinski definition) is 2. The number of benzene rings is 1. The zero-order valence-electron chi connectivity index (χ0n) is 7.37. The van der Waals surface area contributed by atoms with E-state index in [4.69, 9.17) is 22.1 Å². The van der Waals surface area contributed by atoms with Crippen LogP contribution in [0.2, 0.25) is 5.02 Å². The standard InChI is InChI=1S/C11H7ClN2/c12-9-3-1-2-8(4-9)10-5-11(10,6-13)7-14/h1-4,10H,5H2. The van der Waals surface area contributed by atoms with Crippen molar-refractivity contribution in [2.24, 2.45) is 5.41 Å². The summed E-state index contributed by atoms with van der Waals surface area (Å²) in [6.07, 6.45) is 0.625. The first-order chi connectivity index (χ1) is 6.72. The lowest BCUT2D eigenvalue weighted by Crippen LogP contribution is -1.95. The van der Waals surface area contributed by atoms with Crippen LogP contribution in [-0.2, 0) is 0 Å². The third-order valence-corrected chi connectivity index (χ3v) is 2.85. The first-order valence-electron chi connectivity index (χ1n) is 4.30. The molecule has 3 heteroatoms. The molecule has 1 atom stereocenters. The van der Waals surface area contributed by atoms with Crippen LogP contribution in [0.4, 0.5) is 0 Å². The summed E-state index contributed by atoms with van der Waals surface area (Å²) >= 11 is 5.83. The van der Waals surface area contributed by atoms with E-state index in [-0.39, 0.29) is 5.92 Å². The van der Waals surface area contributed by atoms with Gasteiger partial charge in [0.2, 0.25) is 0 Å². The quantitative estimate of drug-likeness (QED) is 0.703. The van der Waals surface area contributed by atoms with Gasteiger partial charge in [-0.2, -0.15) is 10.5 Å². The molecule has 1 saturated carbocycles. The average molecular weight is 203 g/mol.